The van der Waals surface area contributed by atoms with Crippen LogP contribution in [0.25, 0.3) is 21.9 Å². The van der Waals surface area contributed by atoms with Crippen molar-refractivity contribution in [2.75, 3.05) is 6.61 Å². The molecule has 0 saturated carbocycles. The fourth-order valence-electron chi connectivity index (χ4n) is 3.43. The van der Waals surface area contributed by atoms with Crippen molar-refractivity contribution >= 4 is 16.7 Å². The number of carbonyl (C=O) groups is 1. The van der Waals surface area contributed by atoms with Gasteiger partial charge in [-0.15, -0.1) is 0 Å². The first-order valence-corrected chi connectivity index (χ1v) is 9.78. The highest BCUT2D eigenvalue weighted by Gasteiger charge is 2.11. The van der Waals surface area contributed by atoms with Gasteiger partial charge in [0.1, 0.15) is 11.6 Å². The van der Waals surface area contributed by atoms with Crippen molar-refractivity contribution in [1.29, 1.82) is 0 Å². The van der Waals surface area contributed by atoms with Crippen LogP contribution in [0.3, 0.4) is 0 Å². The van der Waals surface area contributed by atoms with Crippen molar-refractivity contribution in [3.8, 4) is 16.9 Å². The molecule has 1 amide bonds. The molecule has 0 aliphatic carbocycles. The van der Waals surface area contributed by atoms with Crippen molar-refractivity contribution in [1.82, 2.24) is 10.3 Å². The first kappa shape index (κ1) is 19.6. The van der Waals surface area contributed by atoms with Crippen molar-refractivity contribution < 1.29 is 13.9 Å². The molecule has 0 bridgehead atoms. The number of rotatable bonds is 6. The second kappa shape index (κ2) is 8.74. The molecule has 1 N–H and O–H groups in total. The Labute approximate surface area is 174 Å². The van der Waals surface area contributed by atoms with E-state index in [1.807, 2.05) is 49.5 Å². The highest BCUT2D eigenvalue weighted by Crippen LogP contribution is 2.31. The van der Waals surface area contributed by atoms with E-state index >= 15 is 0 Å². The quantitative estimate of drug-likeness (QED) is 0.473. The monoisotopic (exact) mass is 400 g/mol. The zero-order chi connectivity index (χ0) is 20.9. The maximum atomic E-state index is 13.1. The summed E-state index contributed by atoms with van der Waals surface area (Å²) in [7, 11) is 0. The number of ether oxygens (including phenoxy) is 1. The second-order valence-corrected chi connectivity index (χ2v) is 6.84. The largest absolute Gasteiger partial charge is 0.494 e. The zero-order valence-corrected chi connectivity index (χ0v) is 16.6. The molecule has 0 spiro atoms. The minimum Gasteiger partial charge on any atom is -0.494 e. The van der Waals surface area contributed by atoms with Crippen LogP contribution in [0.5, 0.6) is 5.75 Å². The van der Waals surface area contributed by atoms with E-state index in [2.05, 4.69) is 16.4 Å². The summed E-state index contributed by atoms with van der Waals surface area (Å²) >= 11 is 0. The molecular weight excluding hydrogens is 379 g/mol. The Morgan fingerprint density at radius 1 is 0.967 bits per heavy atom. The average molecular weight is 400 g/mol. The molecule has 1 aromatic heterocycles. The van der Waals surface area contributed by atoms with E-state index in [1.54, 1.807) is 6.20 Å². The maximum Gasteiger partial charge on any atom is 0.251 e. The third kappa shape index (κ3) is 4.15. The smallest absolute Gasteiger partial charge is 0.251 e. The van der Waals surface area contributed by atoms with Gasteiger partial charge in [0.15, 0.2) is 0 Å². The van der Waals surface area contributed by atoms with E-state index in [-0.39, 0.29) is 11.7 Å². The number of benzene rings is 3. The maximum absolute atomic E-state index is 13.1. The lowest BCUT2D eigenvalue weighted by atomic mass is 9.96. The van der Waals surface area contributed by atoms with E-state index in [9.17, 15) is 9.18 Å². The summed E-state index contributed by atoms with van der Waals surface area (Å²) in [5.74, 6) is 0.225. The molecule has 4 aromatic rings. The van der Waals surface area contributed by atoms with Crippen LogP contribution in [0.4, 0.5) is 4.39 Å². The SMILES string of the molecule is CCOc1ccc(-c2ccc(CNC(=O)c3ccc(F)cc3)c3cnccc23)cc1. The predicted molar refractivity (Wildman–Crippen MR) is 116 cm³/mol. The van der Waals surface area contributed by atoms with E-state index in [0.29, 0.717) is 18.7 Å². The molecule has 0 radical (unpaired) electrons. The van der Waals surface area contributed by atoms with Gasteiger partial charge in [0.2, 0.25) is 0 Å². The molecule has 3 aromatic carbocycles. The first-order valence-electron chi connectivity index (χ1n) is 9.78. The molecule has 30 heavy (non-hydrogen) atoms. The van der Waals surface area contributed by atoms with Crippen LogP contribution in [-0.4, -0.2) is 17.5 Å². The lowest BCUT2D eigenvalue weighted by Crippen LogP contribution is -2.22. The molecule has 0 aliphatic heterocycles. The Balaban J connectivity index is 1.60. The van der Waals surface area contributed by atoms with Crippen molar-refractivity contribution in [3.63, 3.8) is 0 Å². The molecule has 0 fully saturated rings. The van der Waals surface area contributed by atoms with Gasteiger partial charge in [-0.3, -0.25) is 9.78 Å². The minimum absolute atomic E-state index is 0.248. The number of halogens is 1. The zero-order valence-electron chi connectivity index (χ0n) is 16.6. The molecule has 0 aliphatic rings. The average Bonchev–Trinajstić information content (AvgIpc) is 2.78. The van der Waals surface area contributed by atoms with Crippen LogP contribution in [-0.2, 0) is 6.54 Å². The fraction of sp³-hybridized carbons (Fsp3) is 0.120. The van der Waals surface area contributed by atoms with Crippen molar-refractivity contribution in [3.05, 3.63) is 96.1 Å². The molecule has 0 saturated heterocycles. The number of aromatic nitrogens is 1. The number of pyridine rings is 1. The Morgan fingerprint density at radius 2 is 1.73 bits per heavy atom. The summed E-state index contributed by atoms with van der Waals surface area (Å²) < 4.78 is 18.6. The second-order valence-electron chi connectivity index (χ2n) is 6.84. The molecule has 0 unspecified atom stereocenters. The summed E-state index contributed by atoms with van der Waals surface area (Å²) in [6.07, 6.45) is 3.58. The number of hydrogen-bond acceptors (Lipinski definition) is 3. The first-order chi connectivity index (χ1) is 14.7. The van der Waals surface area contributed by atoms with Crippen LogP contribution in [0.15, 0.2) is 79.1 Å². The van der Waals surface area contributed by atoms with E-state index in [1.165, 1.54) is 24.3 Å². The fourth-order valence-corrected chi connectivity index (χ4v) is 3.43. The van der Waals surface area contributed by atoms with Gasteiger partial charge in [0.25, 0.3) is 5.91 Å². The molecule has 4 nitrogen and oxygen atoms in total. The highest BCUT2D eigenvalue weighted by atomic mass is 19.1. The van der Waals surface area contributed by atoms with Gasteiger partial charge < -0.3 is 10.1 Å². The Kier molecular flexibility index (Phi) is 5.70. The van der Waals surface area contributed by atoms with Gasteiger partial charge in [0.05, 0.1) is 6.61 Å². The third-order valence-corrected chi connectivity index (χ3v) is 4.93. The number of nitrogens with zero attached hydrogens (tertiary/aromatic N) is 1. The lowest BCUT2D eigenvalue weighted by molar-refractivity contribution is 0.0951. The van der Waals surface area contributed by atoms with Gasteiger partial charge in [-0.1, -0.05) is 24.3 Å². The summed E-state index contributed by atoms with van der Waals surface area (Å²) in [6, 6.07) is 19.5. The van der Waals surface area contributed by atoms with Gasteiger partial charge in [-0.05, 0) is 71.5 Å². The standard InChI is InChI=1S/C25H21FN2O2/c1-2-30-21-10-5-17(6-11-21)22-12-7-19(24-16-27-14-13-23(22)24)15-28-25(29)18-3-8-20(26)9-4-18/h3-14,16H,2,15H2,1H3,(H,28,29). The minimum atomic E-state index is -0.367. The van der Waals surface area contributed by atoms with E-state index < -0.39 is 0 Å². The van der Waals surface area contributed by atoms with Crippen molar-refractivity contribution in [2.24, 2.45) is 0 Å². The number of hydrogen-bond donors (Lipinski definition) is 1. The molecule has 4 rings (SSSR count). The topological polar surface area (TPSA) is 51.2 Å². The van der Waals surface area contributed by atoms with Gasteiger partial charge in [-0.25, -0.2) is 4.39 Å². The molecule has 1 heterocycles. The third-order valence-electron chi connectivity index (χ3n) is 4.93. The molecule has 0 atom stereocenters. The van der Waals surface area contributed by atoms with Crippen LogP contribution in [0.2, 0.25) is 0 Å². The predicted octanol–water partition coefficient (Wildman–Crippen LogP) is 5.37. The number of nitrogens with one attached hydrogen (secondary N) is 1. The van der Waals surface area contributed by atoms with Crippen LogP contribution in [0.1, 0.15) is 22.8 Å². The summed E-state index contributed by atoms with van der Waals surface area (Å²) in [5.41, 5.74) is 3.55. The number of amides is 1. The highest BCUT2D eigenvalue weighted by molar-refractivity contribution is 5.99. The summed E-state index contributed by atoms with van der Waals surface area (Å²) in [5, 5.41) is 4.94. The summed E-state index contributed by atoms with van der Waals surface area (Å²) in [4.78, 5) is 16.6. The van der Waals surface area contributed by atoms with E-state index in [0.717, 1.165) is 33.2 Å². The van der Waals surface area contributed by atoms with Crippen LogP contribution >= 0.6 is 0 Å². The summed E-state index contributed by atoms with van der Waals surface area (Å²) in [6.45, 7) is 2.94. The van der Waals surface area contributed by atoms with Crippen molar-refractivity contribution in [2.45, 2.75) is 13.5 Å². The molecular formula is C25H21FN2O2. The Morgan fingerprint density at radius 3 is 2.47 bits per heavy atom. The van der Waals surface area contributed by atoms with Crippen LogP contribution in [0, 0.1) is 5.82 Å². The number of carbonyl (C=O) groups excluding carboxylic acids is 1. The van der Waals surface area contributed by atoms with Gasteiger partial charge in [-0.2, -0.15) is 0 Å². The molecule has 150 valence electrons. The number of fused-ring (bicyclic) bond motifs is 1. The Hall–Kier alpha value is -3.73. The Bertz CT molecular complexity index is 1170. The normalized spacial score (nSPS) is 10.7. The van der Waals surface area contributed by atoms with Gasteiger partial charge >= 0.3 is 0 Å². The lowest BCUT2D eigenvalue weighted by Gasteiger charge is -2.13. The molecule has 5 heteroatoms. The van der Waals surface area contributed by atoms with Crippen LogP contribution < -0.4 is 10.1 Å². The van der Waals surface area contributed by atoms with E-state index in [4.69, 9.17) is 4.74 Å². The van der Waals surface area contributed by atoms with Gasteiger partial charge in [0, 0.05) is 29.9 Å².